The summed E-state index contributed by atoms with van der Waals surface area (Å²) in [5.41, 5.74) is 3.83. The van der Waals surface area contributed by atoms with Crippen LogP contribution < -0.4 is 5.32 Å². The molecule has 5 nitrogen and oxygen atoms in total. The quantitative estimate of drug-likeness (QED) is 0.488. The average Bonchev–Trinajstić information content (AvgIpc) is 3.35. The molecule has 0 spiro atoms. The maximum atomic E-state index is 6.09. The predicted molar refractivity (Wildman–Crippen MR) is 124 cm³/mol. The highest BCUT2D eigenvalue weighted by Crippen LogP contribution is 2.39. The van der Waals surface area contributed by atoms with Gasteiger partial charge < -0.3 is 14.7 Å². The standard InChI is InChI=1S/C26H34N4O/c1-16(2)23-11-18(17(3)10-19(23)14-27-21-8-9-21)12-25-29-30-26(31-25)13-20-15-28-24-7-5-4-6-22(20)24/h4-7,10,15-16,18-19,21,23,27-28H,8-9,11-14H2,1-3H3/t18-,19-,23-/m0/s1. The summed E-state index contributed by atoms with van der Waals surface area (Å²) < 4.78 is 6.09. The molecule has 1 saturated carbocycles. The second-order valence-electron chi connectivity index (χ2n) is 9.93. The SMILES string of the molecule is CC1=C[C@@H](CNC2CC2)[C@H](C(C)C)C[C@H]1Cc1nnc(Cc2c[nH]c3ccccc23)o1. The molecule has 1 fully saturated rings. The van der Waals surface area contributed by atoms with E-state index in [9.17, 15) is 0 Å². The molecule has 0 unspecified atom stereocenters. The van der Waals surface area contributed by atoms with Crippen LogP contribution in [0.5, 0.6) is 0 Å². The molecule has 2 heterocycles. The Morgan fingerprint density at radius 1 is 1.16 bits per heavy atom. The molecule has 0 aliphatic heterocycles. The van der Waals surface area contributed by atoms with Gasteiger partial charge in [-0.3, -0.25) is 0 Å². The Balaban J connectivity index is 1.26. The Labute approximate surface area is 184 Å². The van der Waals surface area contributed by atoms with Gasteiger partial charge in [-0.25, -0.2) is 0 Å². The third-order valence-corrected chi connectivity index (χ3v) is 7.25. The molecule has 2 aliphatic carbocycles. The van der Waals surface area contributed by atoms with Gasteiger partial charge in [0.05, 0.1) is 6.42 Å². The molecule has 0 radical (unpaired) electrons. The fourth-order valence-corrected chi connectivity index (χ4v) is 5.19. The van der Waals surface area contributed by atoms with Crippen molar-refractivity contribution in [2.45, 2.75) is 58.9 Å². The van der Waals surface area contributed by atoms with E-state index < -0.39 is 0 Å². The minimum absolute atomic E-state index is 0.492. The van der Waals surface area contributed by atoms with Gasteiger partial charge in [-0.05, 0) is 61.5 Å². The van der Waals surface area contributed by atoms with Crippen molar-refractivity contribution in [3.05, 3.63) is 59.5 Å². The van der Waals surface area contributed by atoms with E-state index in [2.05, 4.69) is 65.5 Å². The number of rotatable bonds is 8. The van der Waals surface area contributed by atoms with Crippen molar-refractivity contribution in [3.63, 3.8) is 0 Å². The Bertz CT molecular complexity index is 1060. The summed E-state index contributed by atoms with van der Waals surface area (Å²) in [6.07, 6.45) is 9.99. The van der Waals surface area contributed by atoms with Crippen LogP contribution in [0.15, 0.2) is 46.5 Å². The van der Waals surface area contributed by atoms with Crippen LogP contribution in [0.1, 0.15) is 57.4 Å². The minimum atomic E-state index is 0.492. The zero-order valence-corrected chi connectivity index (χ0v) is 18.9. The summed E-state index contributed by atoms with van der Waals surface area (Å²) in [5, 5.41) is 13.7. The van der Waals surface area contributed by atoms with E-state index in [1.54, 1.807) is 0 Å². The van der Waals surface area contributed by atoms with E-state index in [0.717, 1.165) is 30.4 Å². The van der Waals surface area contributed by atoms with Crippen LogP contribution in [0.2, 0.25) is 0 Å². The number of benzene rings is 1. The summed E-state index contributed by atoms with van der Waals surface area (Å²) in [7, 11) is 0. The number of fused-ring (bicyclic) bond motifs is 1. The predicted octanol–water partition coefficient (Wildman–Crippen LogP) is 5.29. The highest BCUT2D eigenvalue weighted by molar-refractivity contribution is 5.83. The molecule has 5 heteroatoms. The van der Waals surface area contributed by atoms with Gasteiger partial charge in [-0.15, -0.1) is 10.2 Å². The number of aromatic amines is 1. The second kappa shape index (κ2) is 8.62. The molecule has 5 rings (SSSR count). The van der Waals surface area contributed by atoms with Gasteiger partial charge in [0.1, 0.15) is 0 Å². The van der Waals surface area contributed by atoms with Gasteiger partial charge in [-0.2, -0.15) is 0 Å². The molecule has 0 saturated heterocycles. The van der Waals surface area contributed by atoms with Gasteiger partial charge >= 0.3 is 0 Å². The van der Waals surface area contributed by atoms with E-state index in [0.29, 0.717) is 36.0 Å². The van der Waals surface area contributed by atoms with Crippen molar-refractivity contribution in [3.8, 4) is 0 Å². The molecular weight excluding hydrogens is 384 g/mol. The summed E-state index contributed by atoms with van der Waals surface area (Å²) in [4.78, 5) is 3.32. The number of hydrogen-bond donors (Lipinski definition) is 2. The molecule has 31 heavy (non-hydrogen) atoms. The van der Waals surface area contributed by atoms with Crippen LogP contribution in [0.4, 0.5) is 0 Å². The van der Waals surface area contributed by atoms with Gasteiger partial charge in [0.15, 0.2) is 0 Å². The number of aromatic nitrogens is 3. The molecule has 2 aromatic heterocycles. The highest BCUT2D eigenvalue weighted by Gasteiger charge is 2.33. The van der Waals surface area contributed by atoms with Crippen LogP contribution in [0.3, 0.4) is 0 Å². The third kappa shape index (κ3) is 4.62. The van der Waals surface area contributed by atoms with E-state index >= 15 is 0 Å². The largest absolute Gasteiger partial charge is 0.425 e. The minimum Gasteiger partial charge on any atom is -0.425 e. The molecule has 2 N–H and O–H groups in total. The molecule has 3 aromatic rings. The first-order valence-corrected chi connectivity index (χ1v) is 11.8. The lowest BCUT2D eigenvalue weighted by Crippen LogP contribution is -2.35. The summed E-state index contributed by atoms with van der Waals surface area (Å²) in [6, 6.07) is 9.11. The summed E-state index contributed by atoms with van der Waals surface area (Å²) in [5.74, 6) is 3.98. The van der Waals surface area contributed by atoms with Crippen molar-refractivity contribution in [2.24, 2.45) is 23.7 Å². The Kier molecular flexibility index (Phi) is 5.70. The van der Waals surface area contributed by atoms with Crippen molar-refractivity contribution in [1.82, 2.24) is 20.5 Å². The van der Waals surface area contributed by atoms with E-state index in [4.69, 9.17) is 4.42 Å². The molecule has 0 bridgehead atoms. The van der Waals surface area contributed by atoms with Crippen LogP contribution in [-0.2, 0) is 12.8 Å². The van der Waals surface area contributed by atoms with Gasteiger partial charge in [-0.1, -0.05) is 43.7 Å². The first kappa shape index (κ1) is 20.5. The van der Waals surface area contributed by atoms with Crippen molar-refractivity contribution >= 4 is 10.9 Å². The number of para-hydroxylation sites is 1. The van der Waals surface area contributed by atoms with Gasteiger partial charge in [0.25, 0.3) is 0 Å². The van der Waals surface area contributed by atoms with Crippen LogP contribution in [-0.4, -0.2) is 27.8 Å². The highest BCUT2D eigenvalue weighted by atomic mass is 16.4. The van der Waals surface area contributed by atoms with Gasteiger partial charge in [0.2, 0.25) is 11.8 Å². The second-order valence-corrected chi connectivity index (χ2v) is 9.93. The molecule has 164 valence electrons. The zero-order valence-electron chi connectivity index (χ0n) is 18.9. The fraction of sp³-hybridized carbons (Fsp3) is 0.538. The Morgan fingerprint density at radius 3 is 2.77 bits per heavy atom. The molecule has 2 aliphatic rings. The van der Waals surface area contributed by atoms with Gasteiger partial charge in [0, 0.05) is 36.1 Å². The smallest absolute Gasteiger partial charge is 0.221 e. The van der Waals surface area contributed by atoms with Crippen LogP contribution in [0, 0.1) is 23.7 Å². The lowest BCUT2D eigenvalue weighted by molar-refractivity contribution is 0.217. The van der Waals surface area contributed by atoms with E-state index in [-0.39, 0.29) is 0 Å². The topological polar surface area (TPSA) is 66.7 Å². The Morgan fingerprint density at radius 2 is 1.97 bits per heavy atom. The number of hydrogen-bond acceptors (Lipinski definition) is 4. The van der Waals surface area contributed by atoms with Crippen molar-refractivity contribution in [2.75, 3.05) is 6.54 Å². The molecule has 1 aromatic carbocycles. The first-order chi connectivity index (χ1) is 15.1. The maximum absolute atomic E-state index is 6.09. The zero-order chi connectivity index (χ0) is 21.4. The third-order valence-electron chi connectivity index (χ3n) is 7.25. The molecular formula is C26H34N4O. The summed E-state index contributed by atoms with van der Waals surface area (Å²) in [6.45, 7) is 8.14. The number of H-pyrrole nitrogens is 1. The van der Waals surface area contributed by atoms with E-state index in [1.165, 1.54) is 35.8 Å². The van der Waals surface area contributed by atoms with Crippen molar-refractivity contribution < 1.29 is 4.42 Å². The Hall–Kier alpha value is -2.40. The van der Waals surface area contributed by atoms with Crippen LogP contribution in [0.25, 0.3) is 10.9 Å². The van der Waals surface area contributed by atoms with Crippen molar-refractivity contribution in [1.29, 1.82) is 0 Å². The lowest BCUT2D eigenvalue weighted by Gasteiger charge is -2.37. The first-order valence-electron chi connectivity index (χ1n) is 11.8. The number of nitrogens with zero attached hydrogens (tertiary/aromatic N) is 2. The maximum Gasteiger partial charge on any atom is 0.221 e. The average molecular weight is 419 g/mol. The summed E-state index contributed by atoms with van der Waals surface area (Å²) >= 11 is 0. The number of nitrogens with one attached hydrogen (secondary N) is 2. The molecule has 0 amide bonds. The monoisotopic (exact) mass is 418 g/mol. The lowest BCUT2D eigenvalue weighted by atomic mass is 9.70. The molecule has 3 atom stereocenters. The normalized spacial score (nSPS) is 24.1. The number of allylic oxidation sites excluding steroid dienone is 1. The van der Waals surface area contributed by atoms with E-state index in [1.807, 2.05) is 12.3 Å². The fourth-order valence-electron chi connectivity index (χ4n) is 5.19. The van der Waals surface area contributed by atoms with Crippen LogP contribution >= 0.6 is 0 Å².